The van der Waals surface area contributed by atoms with Crippen molar-refractivity contribution < 1.29 is 0 Å². The summed E-state index contributed by atoms with van der Waals surface area (Å²) in [6.45, 7) is 11.3. The van der Waals surface area contributed by atoms with Gasteiger partial charge in [-0.1, -0.05) is 50.3 Å². The van der Waals surface area contributed by atoms with Crippen LogP contribution in [0.25, 0.3) is 0 Å². The molecule has 0 aliphatic heterocycles. The first-order valence-electron chi connectivity index (χ1n) is 4.87. The van der Waals surface area contributed by atoms with E-state index in [0.717, 1.165) is 13.0 Å². The van der Waals surface area contributed by atoms with E-state index in [4.69, 9.17) is 0 Å². The fourth-order valence-electron chi connectivity index (χ4n) is 0.907. The van der Waals surface area contributed by atoms with E-state index >= 15 is 0 Å². The van der Waals surface area contributed by atoms with Crippen LogP contribution in [0.15, 0.2) is 36.5 Å². The predicted molar refractivity (Wildman–Crippen MR) is 60.8 cm³/mol. The van der Waals surface area contributed by atoms with Crippen molar-refractivity contribution in [3.05, 3.63) is 36.5 Å². The molecule has 0 spiro atoms. The molecule has 0 saturated carbocycles. The maximum absolute atomic E-state index is 3.96. The van der Waals surface area contributed by atoms with Crippen LogP contribution in [0.3, 0.4) is 0 Å². The highest BCUT2D eigenvalue weighted by Crippen LogP contribution is 1.98. The lowest BCUT2D eigenvalue weighted by molar-refractivity contribution is 0.591. The first-order chi connectivity index (χ1) is 6.16. The van der Waals surface area contributed by atoms with Crippen LogP contribution in [0.5, 0.6) is 0 Å². The molecule has 1 N–H and O–H groups in total. The van der Waals surface area contributed by atoms with Crippen molar-refractivity contribution in [1.82, 2.24) is 5.32 Å². The van der Waals surface area contributed by atoms with Crippen molar-refractivity contribution in [3.63, 3.8) is 0 Å². The minimum absolute atomic E-state index is 0.562. The molecular weight excluding hydrogens is 158 g/mol. The SMILES string of the molecule is C=C(/C=C\C=C/C)CCNC(C)C. The van der Waals surface area contributed by atoms with E-state index in [1.165, 1.54) is 5.57 Å². The Kier molecular flexibility index (Phi) is 7.32. The van der Waals surface area contributed by atoms with Gasteiger partial charge >= 0.3 is 0 Å². The molecule has 0 amide bonds. The molecule has 0 aliphatic rings. The second-order valence-corrected chi connectivity index (χ2v) is 3.40. The molecule has 0 aromatic rings. The molecule has 74 valence electrons. The van der Waals surface area contributed by atoms with Gasteiger partial charge < -0.3 is 5.32 Å². The van der Waals surface area contributed by atoms with E-state index in [-0.39, 0.29) is 0 Å². The highest BCUT2D eigenvalue weighted by Gasteiger charge is 1.91. The highest BCUT2D eigenvalue weighted by atomic mass is 14.9. The summed E-state index contributed by atoms with van der Waals surface area (Å²) < 4.78 is 0. The Morgan fingerprint density at radius 3 is 2.62 bits per heavy atom. The van der Waals surface area contributed by atoms with Crippen LogP contribution in [0, 0.1) is 0 Å². The molecular formula is C12H21N. The van der Waals surface area contributed by atoms with Gasteiger partial charge in [-0.25, -0.2) is 0 Å². The van der Waals surface area contributed by atoms with Crippen molar-refractivity contribution in [2.75, 3.05) is 6.54 Å². The fraction of sp³-hybridized carbons (Fsp3) is 0.500. The van der Waals surface area contributed by atoms with Gasteiger partial charge in [0.05, 0.1) is 0 Å². The molecule has 0 aliphatic carbocycles. The van der Waals surface area contributed by atoms with Gasteiger partial charge in [0.2, 0.25) is 0 Å². The Balaban J connectivity index is 3.51. The third-order valence-corrected chi connectivity index (χ3v) is 1.63. The molecule has 0 rings (SSSR count). The number of rotatable bonds is 6. The molecule has 13 heavy (non-hydrogen) atoms. The second kappa shape index (κ2) is 7.81. The average Bonchev–Trinajstić information content (AvgIpc) is 2.04. The van der Waals surface area contributed by atoms with Gasteiger partial charge in [0, 0.05) is 6.04 Å². The van der Waals surface area contributed by atoms with E-state index < -0.39 is 0 Å². The molecule has 1 nitrogen and oxygen atoms in total. The Bertz CT molecular complexity index is 187. The number of nitrogens with one attached hydrogen (secondary N) is 1. The zero-order valence-electron chi connectivity index (χ0n) is 9.01. The summed E-state index contributed by atoms with van der Waals surface area (Å²) in [4.78, 5) is 0. The Hall–Kier alpha value is -0.820. The van der Waals surface area contributed by atoms with Gasteiger partial charge in [-0.15, -0.1) is 0 Å². The van der Waals surface area contributed by atoms with Crippen LogP contribution in [0.4, 0.5) is 0 Å². The van der Waals surface area contributed by atoms with Crippen molar-refractivity contribution in [2.24, 2.45) is 0 Å². The first kappa shape index (κ1) is 12.2. The zero-order valence-corrected chi connectivity index (χ0v) is 9.01. The van der Waals surface area contributed by atoms with Crippen LogP contribution < -0.4 is 5.32 Å². The quantitative estimate of drug-likeness (QED) is 0.618. The Morgan fingerprint density at radius 1 is 1.38 bits per heavy atom. The Morgan fingerprint density at radius 2 is 2.08 bits per heavy atom. The van der Waals surface area contributed by atoms with E-state index in [1.54, 1.807) is 0 Å². The third kappa shape index (κ3) is 9.09. The Labute approximate surface area is 82.2 Å². The highest BCUT2D eigenvalue weighted by molar-refractivity contribution is 5.18. The van der Waals surface area contributed by atoms with Gasteiger partial charge in [-0.05, 0) is 19.9 Å². The smallest absolute Gasteiger partial charge is 0.00105 e. The zero-order chi connectivity index (χ0) is 10.1. The maximum atomic E-state index is 3.96. The predicted octanol–water partition coefficient (Wildman–Crippen LogP) is 3.06. The van der Waals surface area contributed by atoms with E-state index in [1.807, 2.05) is 25.2 Å². The van der Waals surface area contributed by atoms with Crippen LogP contribution >= 0.6 is 0 Å². The third-order valence-electron chi connectivity index (χ3n) is 1.63. The molecule has 0 aromatic carbocycles. The molecule has 0 aromatic heterocycles. The van der Waals surface area contributed by atoms with Crippen LogP contribution in [-0.4, -0.2) is 12.6 Å². The van der Waals surface area contributed by atoms with Crippen LogP contribution in [-0.2, 0) is 0 Å². The van der Waals surface area contributed by atoms with Crippen molar-refractivity contribution in [3.8, 4) is 0 Å². The summed E-state index contributed by atoms with van der Waals surface area (Å²) >= 11 is 0. The summed E-state index contributed by atoms with van der Waals surface area (Å²) in [6, 6.07) is 0.562. The largest absolute Gasteiger partial charge is 0.314 e. The van der Waals surface area contributed by atoms with Crippen LogP contribution in [0.1, 0.15) is 27.2 Å². The number of allylic oxidation sites excluding steroid dienone is 4. The molecule has 0 heterocycles. The summed E-state index contributed by atoms with van der Waals surface area (Å²) in [5, 5.41) is 3.35. The number of hydrogen-bond acceptors (Lipinski definition) is 1. The standard InChI is InChI=1S/C12H21N/c1-5-6-7-8-12(4)9-10-13-11(2)3/h5-8,11,13H,4,9-10H2,1-3H3/b6-5-,8-7-. The van der Waals surface area contributed by atoms with Gasteiger partial charge in [0.25, 0.3) is 0 Å². The fourth-order valence-corrected chi connectivity index (χ4v) is 0.907. The summed E-state index contributed by atoms with van der Waals surface area (Å²) in [5.41, 5.74) is 1.17. The van der Waals surface area contributed by atoms with E-state index in [9.17, 15) is 0 Å². The molecule has 0 unspecified atom stereocenters. The lowest BCUT2D eigenvalue weighted by atomic mass is 10.2. The van der Waals surface area contributed by atoms with Gasteiger partial charge in [-0.2, -0.15) is 0 Å². The molecule has 0 atom stereocenters. The summed E-state index contributed by atoms with van der Waals surface area (Å²) in [6.07, 6.45) is 9.13. The van der Waals surface area contributed by atoms with Crippen molar-refractivity contribution in [1.29, 1.82) is 0 Å². The van der Waals surface area contributed by atoms with Gasteiger partial charge in [0.15, 0.2) is 0 Å². The van der Waals surface area contributed by atoms with Gasteiger partial charge in [-0.3, -0.25) is 0 Å². The van der Waals surface area contributed by atoms with Gasteiger partial charge in [0.1, 0.15) is 0 Å². The van der Waals surface area contributed by atoms with Crippen LogP contribution in [0.2, 0.25) is 0 Å². The minimum Gasteiger partial charge on any atom is -0.314 e. The van der Waals surface area contributed by atoms with Crippen molar-refractivity contribution in [2.45, 2.75) is 33.2 Å². The lowest BCUT2D eigenvalue weighted by Gasteiger charge is -2.06. The van der Waals surface area contributed by atoms with E-state index in [0.29, 0.717) is 6.04 Å². The summed E-state index contributed by atoms with van der Waals surface area (Å²) in [5.74, 6) is 0. The summed E-state index contributed by atoms with van der Waals surface area (Å²) in [7, 11) is 0. The second-order valence-electron chi connectivity index (χ2n) is 3.40. The molecule has 0 fully saturated rings. The monoisotopic (exact) mass is 179 g/mol. The first-order valence-corrected chi connectivity index (χ1v) is 4.87. The minimum atomic E-state index is 0.562. The van der Waals surface area contributed by atoms with E-state index in [2.05, 4.69) is 31.8 Å². The lowest BCUT2D eigenvalue weighted by Crippen LogP contribution is -2.23. The molecule has 0 radical (unpaired) electrons. The maximum Gasteiger partial charge on any atom is 0.00105 e. The normalized spacial score (nSPS) is 12.0. The number of hydrogen-bond donors (Lipinski definition) is 1. The molecule has 1 heteroatoms. The topological polar surface area (TPSA) is 12.0 Å². The van der Waals surface area contributed by atoms with Crippen molar-refractivity contribution >= 4 is 0 Å². The molecule has 0 bridgehead atoms. The molecule has 0 saturated heterocycles. The average molecular weight is 179 g/mol.